The maximum atomic E-state index is 10.2. The van der Waals surface area contributed by atoms with E-state index in [-0.39, 0.29) is 0 Å². The molecular formula is C10H14OS. The first-order chi connectivity index (χ1) is 5.86. The van der Waals surface area contributed by atoms with Crippen LogP contribution in [0.5, 0.6) is 0 Å². The third-order valence-electron chi connectivity index (χ3n) is 1.25. The van der Waals surface area contributed by atoms with Gasteiger partial charge in [-0.3, -0.25) is 4.79 Å². The van der Waals surface area contributed by atoms with Crippen LogP contribution in [0.3, 0.4) is 0 Å². The van der Waals surface area contributed by atoms with Crippen molar-refractivity contribution in [2.75, 3.05) is 6.26 Å². The molecule has 2 heteroatoms. The molecule has 0 amide bonds. The zero-order chi connectivity index (χ0) is 9.40. The Bertz CT molecular complexity index is 216. The van der Waals surface area contributed by atoms with Gasteiger partial charge in [0.15, 0.2) is 0 Å². The average Bonchev–Trinajstić information content (AvgIpc) is 2.21. The molecule has 1 aromatic rings. The number of carbonyl (C=O) groups excluding carboxylic acids is 1. The third kappa shape index (κ3) is 3.58. The second-order valence-electron chi connectivity index (χ2n) is 1.89. The van der Waals surface area contributed by atoms with Crippen LogP contribution in [0.15, 0.2) is 29.2 Å². The van der Waals surface area contributed by atoms with E-state index in [9.17, 15) is 4.79 Å². The zero-order valence-corrected chi connectivity index (χ0v) is 8.52. The lowest BCUT2D eigenvalue weighted by molar-refractivity contribution is 0.112. The second kappa shape index (κ2) is 6.92. The fourth-order valence-electron chi connectivity index (χ4n) is 0.682. The Labute approximate surface area is 78.2 Å². The van der Waals surface area contributed by atoms with E-state index in [1.165, 1.54) is 4.90 Å². The van der Waals surface area contributed by atoms with E-state index in [0.717, 1.165) is 11.8 Å². The van der Waals surface area contributed by atoms with Crippen LogP contribution in [0, 0.1) is 0 Å². The van der Waals surface area contributed by atoms with Gasteiger partial charge in [0.1, 0.15) is 6.29 Å². The Kier molecular flexibility index (Phi) is 6.48. The van der Waals surface area contributed by atoms with E-state index in [0.29, 0.717) is 0 Å². The van der Waals surface area contributed by atoms with Crippen LogP contribution in [0.4, 0.5) is 0 Å². The molecule has 0 radical (unpaired) electrons. The van der Waals surface area contributed by atoms with Gasteiger partial charge in [-0.05, 0) is 18.4 Å². The molecular weight excluding hydrogens is 168 g/mol. The van der Waals surface area contributed by atoms with Crippen molar-refractivity contribution in [1.82, 2.24) is 0 Å². The van der Waals surface area contributed by atoms with Crippen LogP contribution in [0.1, 0.15) is 24.2 Å². The lowest BCUT2D eigenvalue weighted by Crippen LogP contribution is -1.76. The van der Waals surface area contributed by atoms with Gasteiger partial charge in [-0.2, -0.15) is 0 Å². The normalized spacial score (nSPS) is 8.25. The molecule has 1 aromatic carbocycles. The molecule has 0 aliphatic carbocycles. The van der Waals surface area contributed by atoms with E-state index in [1.54, 1.807) is 11.8 Å². The maximum absolute atomic E-state index is 10.2. The van der Waals surface area contributed by atoms with Crippen LogP contribution in [0.25, 0.3) is 0 Å². The Morgan fingerprint density at radius 3 is 2.00 bits per heavy atom. The summed E-state index contributed by atoms with van der Waals surface area (Å²) < 4.78 is 0. The second-order valence-corrected chi connectivity index (χ2v) is 2.77. The highest BCUT2D eigenvalue weighted by atomic mass is 32.2. The molecule has 0 saturated heterocycles. The van der Waals surface area contributed by atoms with Crippen LogP contribution in [-0.2, 0) is 0 Å². The fourth-order valence-corrected chi connectivity index (χ4v) is 1.09. The molecule has 66 valence electrons. The predicted octanol–water partition coefficient (Wildman–Crippen LogP) is 3.25. The molecule has 1 rings (SSSR count). The smallest absolute Gasteiger partial charge is 0.150 e. The zero-order valence-electron chi connectivity index (χ0n) is 7.70. The quantitative estimate of drug-likeness (QED) is 0.516. The van der Waals surface area contributed by atoms with Crippen molar-refractivity contribution in [2.24, 2.45) is 0 Å². The van der Waals surface area contributed by atoms with Crippen LogP contribution in [-0.4, -0.2) is 12.5 Å². The fraction of sp³-hybridized carbons (Fsp3) is 0.300. The van der Waals surface area contributed by atoms with Crippen LogP contribution >= 0.6 is 11.8 Å². The average molecular weight is 182 g/mol. The summed E-state index contributed by atoms with van der Waals surface area (Å²) in [6.45, 7) is 4.00. The number of thioether (sulfide) groups is 1. The molecule has 0 atom stereocenters. The molecule has 0 spiro atoms. The van der Waals surface area contributed by atoms with Crippen molar-refractivity contribution >= 4 is 18.0 Å². The van der Waals surface area contributed by atoms with Crippen molar-refractivity contribution in [3.8, 4) is 0 Å². The monoisotopic (exact) mass is 182 g/mol. The number of hydrogen-bond acceptors (Lipinski definition) is 2. The molecule has 0 unspecified atom stereocenters. The SMILES string of the molecule is CC.CSc1ccc(C=O)cc1. The van der Waals surface area contributed by atoms with Gasteiger partial charge in [-0.15, -0.1) is 11.8 Å². The van der Waals surface area contributed by atoms with E-state index in [2.05, 4.69) is 0 Å². The summed E-state index contributed by atoms with van der Waals surface area (Å²) in [5.41, 5.74) is 0.734. The molecule has 0 heterocycles. The van der Waals surface area contributed by atoms with Gasteiger partial charge < -0.3 is 0 Å². The summed E-state index contributed by atoms with van der Waals surface area (Å²) in [5, 5.41) is 0. The molecule has 1 nitrogen and oxygen atoms in total. The first kappa shape index (κ1) is 11.2. The summed E-state index contributed by atoms with van der Waals surface area (Å²) in [7, 11) is 0. The molecule has 0 saturated carbocycles. The van der Waals surface area contributed by atoms with Gasteiger partial charge in [0, 0.05) is 10.5 Å². The van der Waals surface area contributed by atoms with Gasteiger partial charge >= 0.3 is 0 Å². The summed E-state index contributed by atoms with van der Waals surface area (Å²) in [5.74, 6) is 0. The molecule has 12 heavy (non-hydrogen) atoms. The van der Waals surface area contributed by atoms with E-state index < -0.39 is 0 Å². The predicted molar refractivity (Wildman–Crippen MR) is 55.0 cm³/mol. The minimum atomic E-state index is 0.734. The minimum absolute atomic E-state index is 0.734. The van der Waals surface area contributed by atoms with E-state index in [4.69, 9.17) is 0 Å². The Morgan fingerprint density at radius 1 is 1.17 bits per heavy atom. The number of hydrogen-bond donors (Lipinski definition) is 0. The summed E-state index contributed by atoms with van der Waals surface area (Å²) in [6, 6.07) is 7.51. The number of rotatable bonds is 2. The van der Waals surface area contributed by atoms with Crippen molar-refractivity contribution < 1.29 is 4.79 Å². The largest absolute Gasteiger partial charge is 0.298 e. The first-order valence-corrected chi connectivity index (χ1v) is 5.18. The van der Waals surface area contributed by atoms with Crippen molar-refractivity contribution in [2.45, 2.75) is 18.7 Å². The minimum Gasteiger partial charge on any atom is -0.298 e. The first-order valence-electron chi connectivity index (χ1n) is 3.96. The lowest BCUT2D eigenvalue weighted by atomic mass is 10.2. The van der Waals surface area contributed by atoms with Crippen LogP contribution in [0.2, 0.25) is 0 Å². The maximum Gasteiger partial charge on any atom is 0.150 e. The van der Waals surface area contributed by atoms with Crippen molar-refractivity contribution in [1.29, 1.82) is 0 Å². The van der Waals surface area contributed by atoms with Crippen LogP contribution < -0.4 is 0 Å². The molecule has 0 fully saturated rings. The molecule has 0 bridgehead atoms. The highest BCUT2D eigenvalue weighted by Gasteiger charge is 1.89. The van der Waals surface area contributed by atoms with E-state index >= 15 is 0 Å². The topological polar surface area (TPSA) is 17.1 Å². The summed E-state index contributed by atoms with van der Waals surface area (Å²) in [4.78, 5) is 11.4. The highest BCUT2D eigenvalue weighted by Crippen LogP contribution is 2.13. The Hall–Kier alpha value is -0.760. The third-order valence-corrected chi connectivity index (χ3v) is 2.00. The van der Waals surface area contributed by atoms with Gasteiger partial charge in [-0.1, -0.05) is 26.0 Å². The molecule has 0 aromatic heterocycles. The number of carbonyl (C=O) groups is 1. The molecule has 0 aliphatic rings. The van der Waals surface area contributed by atoms with Crippen molar-refractivity contribution in [3.63, 3.8) is 0 Å². The number of benzene rings is 1. The summed E-state index contributed by atoms with van der Waals surface area (Å²) in [6.07, 6.45) is 2.86. The highest BCUT2D eigenvalue weighted by molar-refractivity contribution is 7.98. The Morgan fingerprint density at radius 2 is 1.67 bits per heavy atom. The standard InChI is InChI=1S/C8H8OS.C2H6/c1-10-8-4-2-7(6-9)3-5-8;1-2/h2-6H,1H3;1-2H3. The van der Waals surface area contributed by atoms with Crippen molar-refractivity contribution in [3.05, 3.63) is 29.8 Å². The van der Waals surface area contributed by atoms with Gasteiger partial charge in [0.25, 0.3) is 0 Å². The van der Waals surface area contributed by atoms with Gasteiger partial charge in [0.2, 0.25) is 0 Å². The summed E-state index contributed by atoms with van der Waals surface area (Å²) >= 11 is 1.67. The Balaban J connectivity index is 0.000000561. The van der Waals surface area contributed by atoms with Gasteiger partial charge in [-0.25, -0.2) is 0 Å². The van der Waals surface area contributed by atoms with Gasteiger partial charge in [0.05, 0.1) is 0 Å². The van der Waals surface area contributed by atoms with E-state index in [1.807, 2.05) is 44.4 Å². The molecule has 0 N–H and O–H groups in total. The number of aldehydes is 1. The lowest BCUT2D eigenvalue weighted by Gasteiger charge is -1.93. The molecule has 0 aliphatic heterocycles.